The van der Waals surface area contributed by atoms with E-state index in [4.69, 9.17) is 16.3 Å². The fourth-order valence-corrected chi connectivity index (χ4v) is 2.23. The number of halogens is 1. The highest BCUT2D eigenvalue weighted by Gasteiger charge is 2.06. The zero-order chi connectivity index (χ0) is 15.8. The number of unbranched alkanes of at least 4 members (excludes halogenated alkanes) is 1. The van der Waals surface area contributed by atoms with Gasteiger partial charge in [0.25, 0.3) is 5.91 Å². The number of rotatable bonds is 7. The highest BCUT2D eigenvalue weighted by Crippen LogP contribution is 2.23. The molecule has 0 aliphatic rings. The van der Waals surface area contributed by atoms with Crippen molar-refractivity contribution >= 4 is 23.2 Å². The number of para-hydroxylation sites is 1. The average Bonchev–Trinajstić information content (AvgIpc) is 2.53. The van der Waals surface area contributed by atoms with Crippen LogP contribution in [0.4, 0.5) is 5.69 Å². The molecule has 0 saturated heterocycles. The van der Waals surface area contributed by atoms with Gasteiger partial charge in [-0.25, -0.2) is 0 Å². The Labute approximate surface area is 136 Å². The summed E-state index contributed by atoms with van der Waals surface area (Å²) in [6.07, 6.45) is 3.43. The van der Waals surface area contributed by atoms with Crippen molar-refractivity contribution in [2.75, 3.05) is 11.9 Å². The molecule has 2 rings (SSSR count). The molecule has 0 atom stereocenters. The molecule has 0 bridgehead atoms. The third-order valence-electron chi connectivity index (χ3n) is 3.25. The van der Waals surface area contributed by atoms with Crippen molar-refractivity contribution in [1.29, 1.82) is 0 Å². The Hall–Kier alpha value is -2.00. The topological polar surface area (TPSA) is 38.3 Å². The van der Waals surface area contributed by atoms with Crippen LogP contribution in [0.25, 0.3) is 0 Å². The molecule has 22 heavy (non-hydrogen) atoms. The molecule has 0 saturated carbocycles. The zero-order valence-electron chi connectivity index (χ0n) is 12.6. The molecular formula is C18H20ClNO2. The van der Waals surface area contributed by atoms with E-state index in [2.05, 4.69) is 12.2 Å². The van der Waals surface area contributed by atoms with Gasteiger partial charge < -0.3 is 10.1 Å². The van der Waals surface area contributed by atoms with E-state index in [9.17, 15) is 4.79 Å². The molecule has 0 fully saturated rings. The minimum absolute atomic E-state index is 0.0681. The number of carbonyl (C=O) groups excluding carboxylic acids is 1. The number of ether oxygens (including phenoxy) is 1. The third kappa shape index (κ3) is 5.08. The Morgan fingerprint density at radius 2 is 1.86 bits per heavy atom. The van der Waals surface area contributed by atoms with Crippen LogP contribution in [0.15, 0.2) is 48.5 Å². The lowest BCUT2D eigenvalue weighted by Gasteiger charge is -2.09. The summed E-state index contributed by atoms with van der Waals surface area (Å²) in [5, 5.41) is 3.30. The van der Waals surface area contributed by atoms with Crippen molar-refractivity contribution in [2.24, 2.45) is 0 Å². The van der Waals surface area contributed by atoms with E-state index in [0.29, 0.717) is 10.8 Å². The van der Waals surface area contributed by atoms with E-state index in [1.54, 1.807) is 12.1 Å². The summed E-state index contributed by atoms with van der Waals surface area (Å²) in [5.74, 6) is 0.301. The molecule has 1 N–H and O–H groups in total. The lowest BCUT2D eigenvalue weighted by molar-refractivity contribution is -0.118. The Balaban J connectivity index is 1.83. The fraction of sp³-hybridized carbons (Fsp3) is 0.278. The second-order valence-corrected chi connectivity index (χ2v) is 5.47. The minimum atomic E-state index is -0.207. The van der Waals surface area contributed by atoms with Gasteiger partial charge in [-0.15, -0.1) is 0 Å². The number of benzene rings is 2. The van der Waals surface area contributed by atoms with Crippen LogP contribution in [0.1, 0.15) is 25.3 Å². The second-order valence-electron chi connectivity index (χ2n) is 5.07. The van der Waals surface area contributed by atoms with Crippen LogP contribution in [0.2, 0.25) is 5.02 Å². The van der Waals surface area contributed by atoms with Gasteiger partial charge in [-0.1, -0.05) is 49.2 Å². The van der Waals surface area contributed by atoms with Crippen LogP contribution in [0.3, 0.4) is 0 Å². The van der Waals surface area contributed by atoms with Crippen LogP contribution in [0, 0.1) is 0 Å². The van der Waals surface area contributed by atoms with Crippen LogP contribution < -0.4 is 10.1 Å². The predicted molar refractivity (Wildman–Crippen MR) is 90.6 cm³/mol. The summed E-state index contributed by atoms with van der Waals surface area (Å²) < 4.78 is 5.40. The molecule has 4 heteroatoms. The molecule has 0 heterocycles. The molecule has 2 aromatic rings. The van der Waals surface area contributed by atoms with Crippen LogP contribution >= 0.6 is 11.6 Å². The van der Waals surface area contributed by atoms with Gasteiger partial charge >= 0.3 is 0 Å². The molecule has 0 unspecified atom stereocenters. The maximum absolute atomic E-state index is 11.9. The first-order chi connectivity index (χ1) is 10.7. The quantitative estimate of drug-likeness (QED) is 0.803. The number of nitrogens with one attached hydrogen (secondary N) is 1. The van der Waals surface area contributed by atoms with Gasteiger partial charge in [-0.2, -0.15) is 0 Å². The molecule has 1 amide bonds. The van der Waals surface area contributed by atoms with Gasteiger partial charge in [-0.05, 0) is 42.7 Å². The van der Waals surface area contributed by atoms with Gasteiger partial charge in [0.05, 0.1) is 5.02 Å². The molecule has 0 aliphatic heterocycles. The van der Waals surface area contributed by atoms with Crippen molar-refractivity contribution in [1.82, 2.24) is 0 Å². The van der Waals surface area contributed by atoms with E-state index >= 15 is 0 Å². The molecule has 0 spiro atoms. The Kier molecular flexibility index (Phi) is 6.28. The lowest BCUT2D eigenvalue weighted by Crippen LogP contribution is -2.20. The van der Waals surface area contributed by atoms with Gasteiger partial charge in [-0.3, -0.25) is 4.79 Å². The summed E-state index contributed by atoms with van der Waals surface area (Å²) in [6, 6.07) is 15.0. The Morgan fingerprint density at radius 1 is 1.14 bits per heavy atom. The van der Waals surface area contributed by atoms with Gasteiger partial charge in [0.2, 0.25) is 0 Å². The van der Waals surface area contributed by atoms with E-state index in [1.807, 2.05) is 36.4 Å². The van der Waals surface area contributed by atoms with Crippen molar-refractivity contribution in [3.8, 4) is 5.75 Å². The fourth-order valence-electron chi connectivity index (χ4n) is 2.04. The molecule has 116 valence electrons. The van der Waals surface area contributed by atoms with Crippen LogP contribution in [0.5, 0.6) is 5.75 Å². The molecule has 0 radical (unpaired) electrons. The summed E-state index contributed by atoms with van der Waals surface area (Å²) in [4.78, 5) is 11.9. The number of hydrogen-bond acceptors (Lipinski definition) is 2. The number of anilines is 1. The highest BCUT2D eigenvalue weighted by molar-refractivity contribution is 6.32. The zero-order valence-corrected chi connectivity index (χ0v) is 13.4. The van der Waals surface area contributed by atoms with Crippen molar-refractivity contribution < 1.29 is 9.53 Å². The van der Waals surface area contributed by atoms with Crippen LogP contribution in [-0.4, -0.2) is 12.5 Å². The number of amides is 1. The second kappa shape index (κ2) is 8.44. The molecular weight excluding hydrogens is 298 g/mol. The average molecular weight is 318 g/mol. The predicted octanol–water partition coefficient (Wildman–Crippen LogP) is 4.70. The summed E-state index contributed by atoms with van der Waals surface area (Å²) in [5.41, 5.74) is 2.06. The van der Waals surface area contributed by atoms with E-state index in [-0.39, 0.29) is 12.5 Å². The molecule has 3 nitrogen and oxygen atoms in total. The maximum Gasteiger partial charge on any atom is 0.262 e. The monoisotopic (exact) mass is 317 g/mol. The summed E-state index contributed by atoms with van der Waals surface area (Å²) >= 11 is 5.97. The van der Waals surface area contributed by atoms with E-state index < -0.39 is 0 Å². The lowest BCUT2D eigenvalue weighted by atomic mass is 10.1. The smallest absolute Gasteiger partial charge is 0.262 e. The van der Waals surface area contributed by atoms with Crippen molar-refractivity contribution in [3.05, 3.63) is 59.1 Å². The first-order valence-electron chi connectivity index (χ1n) is 7.45. The highest BCUT2D eigenvalue weighted by atomic mass is 35.5. The standard InChI is InChI=1S/C18H20ClNO2/c1-2-3-6-14-9-11-15(12-10-14)20-18(21)13-22-17-8-5-4-7-16(17)19/h4-5,7-12H,2-3,6,13H2,1H3,(H,20,21). The number of aryl methyl sites for hydroxylation is 1. The first-order valence-corrected chi connectivity index (χ1v) is 7.83. The number of hydrogen-bond donors (Lipinski definition) is 1. The largest absolute Gasteiger partial charge is 0.482 e. The van der Waals surface area contributed by atoms with E-state index in [0.717, 1.165) is 12.1 Å². The molecule has 0 aromatic heterocycles. The first kappa shape index (κ1) is 16.4. The van der Waals surface area contributed by atoms with Crippen LogP contribution in [-0.2, 0) is 11.2 Å². The number of carbonyl (C=O) groups is 1. The van der Waals surface area contributed by atoms with E-state index in [1.165, 1.54) is 18.4 Å². The minimum Gasteiger partial charge on any atom is -0.482 e. The summed E-state index contributed by atoms with van der Waals surface area (Å²) in [7, 11) is 0. The Bertz CT molecular complexity index is 611. The Morgan fingerprint density at radius 3 is 2.55 bits per heavy atom. The SMILES string of the molecule is CCCCc1ccc(NC(=O)COc2ccccc2Cl)cc1. The van der Waals surface area contributed by atoms with Crippen molar-refractivity contribution in [2.45, 2.75) is 26.2 Å². The molecule has 0 aliphatic carbocycles. The van der Waals surface area contributed by atoms with Crippen molar-refractivity contribution in [3.63, 3.8) is 0 Å². The molecule has 2 aromatic carbocycles. The maximum atomic E-state index is 11.9. The summed E-state index contributed by atoms with van der Waals surface area (Å²) in [6.45, 7) is 2.11. The third-order valence-corrected chi connectivity index (χ3v) is 3.56. The van der Waals surface area contributed by atoms with Gasteiger partial charge in [0.1, 0.15) is 5.75 Å². The van der Waals surface area contributed by atoms with Gasteiger partial charge in [0, 0.05) is 5.69 Å². The normalized spacial score (nSPS) is 10.3. The van der Waals surface area contributed by atoms with Gasteiger partial charge in [0.15, 0.2) is 6.61 Å².